The highest BCUT2D eigenvalue weighted by Gasteiger charge is 2.13. The Morgan fingerprint density at radius 3 is 2.42 bits per heavy atom. The summed E-state index contributed by atoms with van der Waals surface area (Å²) < 4.78 is 0. The van der Waals surface area contributed by atoms with E-state index >= 15 is 0 Å². The summed E-state index contributed by atoms with van der Waals surface area (Å²) in [6, 6.07) is 0. The summed E-state index contributed by atoms with van der Waals surface area (Å²) in [7, 11) is 0. The van der Waals surface area contributed by atoms with Gasteiger partial charge in [-0.15, -0.1) is 24.0 Å². The van der Waals surface area contributed by atoms with E-state index in [1.807, 2.05) is 0 Å². The van der Waals surface area contributed by atoms with E-state index < -0.39 is 0 Å². The van der Waals surface area contributed by atoms with Crippen molar-refractivity contribution in [2.24, 2.45) is 22.6 Å². The van der Waals surface area contributed by atoms with Crippen molar-refractivity contribution in [2.45, 2.75) is 40.0 Å². The van der Waals surface area contributed by atoms with Crippen LogP contribution in [0.4, 0.5) is 0 Å². The number of nitrogens with two attached hydrogens (primary N) is 1. The van der Waals surface area contributed by atoms with Gasteiger partial charge in [-0.1, -0.05) is 27.2 Å². The first-order chi connectivity index (χ1) is 8.58. The van der Waals surface area contributed by atoms with Crippen molar-refractivity contribution < 1.29 is 0 Å². The molecule has 1 aliphatic heterocycles. The molecule has 0 aliphatic carbocycles. The number of nitrogens with one attached hydrogen (secondary N) is 1. The number of hydrogen-bond acceptors (Lipinski definition) is 2. The van der Waals surface area contributed by atoms with Crippen molar-refractivity contribution >= 4 is 29.9 Å². The molecule has 1 heterocycles. The lowest BCUT2D eigenvalue weighted by atomic mass is 10.1. The Morgan fingerprint density at radius 2 is 1.84 bits per heavy atom. The Balaban J connectivity index is 0.00000324. The Hall–Kier alpha value is -0.0400. The SMILES string of the molecule is CC(C)CN=C(N)NCC(C)CN1CCCCC1.I. The number of likely N-dealkylation sites (tertiary alicyclic amines) is 1. The van der Waals surface area contributed by atoms with Gasteiger partial charge in [0.05, 0.1) is 0 Å². The first-order valence-electron chi connectivity index (χ1n) is 7.34. The van der Waals surface area contributed by atoms with E-state index in [0.717, 1.165) is 13.1 Å². The number of aliphatic imine (C=N–C) groups is 1. The lowest BCUT2D eigenvalue weighted by Gasteiger charge is -2.29. The monoisotopic (exact) mass is 382 g/mol. The molecule has 1 saturated heterocycles. The van der Waals surface area contributed by atoms with Crippen LogP contribution in [0.15, 0.2) is 4.99 Å². The number of nitrogens with zero attached hydrogens (tertiary/aromatic N) is 2. The van der Waals surface area contributed by atoms with E-state index in [9.17, 15) is 0 Å². The molecule has 1 fully saturated rings. The standard InChI is InChI=1S/C14H30N4.HI/c1-12(2)9-16-14(15)17-10-13(3)11-18-7-5-4-6-8-18;/h12-13H,4-11H2,1-3H3,(H3,15,16,17);1H. The Morgan fingerprint density at radius 1 is 1.21 bits per heavy atom. The van der Waals surface area contributed by atoms with Crippen molar-refractivity contribution in [3.05, 3.63) is 0 Å². The number of halogens is 1. The zero-order chi connectivity index (χ0) is 13.4. The molecule has 0 aromatic heterocycles. The Kier molecular flexibility index (Phi) is 10.7. The first kappa shape index (κ1) is 19.0. The normalized spacial score (nSPS) is 19.1. The average Bonchev–Trinajstić information content (AvgIpc) is 2.35. The molecule has 1 atom stereocenters. The molecule has 1 rings (SSSR count). The van der Waals surface area contributed by atoms with E-state index in [1.54, 1.807) is 0 Å². The molecule has 0 radical (unpaired) electrons. The van der Waals surface area contributed by atoms with Gasteiger partial charge in [0.25, 0.3) is 0 Å². The van der Waals surface area contributed by atoms with Gasteiger partial charge in [0.2, 0.25) is 0 Å². The maximum Gasteiger partial charge on any atom is 0.188 e. The third-order valence-corrected chi connectivity index (χ3v) is 3.28. The van der Waals surface area contributed by atoms with Gasteiger partial charge in [-0.05, 0) is 37.8 Å². The summed E-state index contributed by atoms with van der Waals surface area (Å²) in [6.45, 7) is 12.0. The van der Waals surface area contributed by atoms with E-state index in [-0.39, 0.29) is 24.0 Å². The molecule has 0 bridgehead atoms. The highest BCUT2D eigenvalue weighted by molar-refractivity contribution is 14.0. The highest BCUT2D eigenvalue weighted by Crippen LogP contribution is 2.10. The van der Waals surface area contributed by atoms with E-state index in [1.165, 1.54) is 38.9 Å². The van der Waals surface area contributed by atoms with Gasteiger partial charge in [-0.2, -0.15) is 0 Å². The summed E-state index contributed by atoms with van der Waals surface area (Å²) in [5, 5.41) is 3.23. The number of rotatable bonds is 6. The predicted octanol–water partition coefficient (Wildman–Crippen LogP) is 2.29. The summed E-state index contributed by atoms with van der Waals surface area (Å²) >= 11 is 0. The van der Waals surface area contributed by atoms with E-state index in [2.05, 4.69) is 36.0 Å². The van der Waals surface area contributed by atoms with Crippen LogP contribution in [0.2, 0.25) is 0 Å². The van der Waals surface area contributed by atoms with Crippen molar-refractivity contribution in [3.63, 3.8) is 0 Å². The molecule has 3 N–H and O–H groups in total. The van der Waals surface area contributed by atoms with Crippen LogP contribution in [0.5, 0.6) is 0 Å². The van der Waals surface area contributed by atoms with Crippen LogP contribution < -0.4 is 11.1 Å². The van der Waals surface area contributed by atoms with Crippen LogP contribution >= 0.6 is 24.0 Å². The number of piperidine rings is 1. The lowest BCUT2D eigenvalue weighted by Crippen LogP contribution is -2.40. The molecule has 19 heavy (non-hydrogen) atoms. The van der Waals surface area contributed by atoms with Gasteiger partial charge >= 0.3 is 0 Å². The third kappa shape index (κ3) is 9.49. The first-order valence-corrected chi connectivity index (χ1v) is 7.34. The zero-order valence-electron chi connectivity index (χ0n) is 12.7. The molecule has 0 aromatic rings. The number of guanidine groups is 1. The van der Waals surface area contributed by atoms with E-state index in [0.29, 0.717) is 17.8 Å². The number of hydrogen-bond donors (Lipinski definition) is 2. The topological polar surface area (TPSA) is 53.6 Å². The van der Waals surface area contributed by atoms with Crippen LogP contribution in [0.1, 0.15) is 40.0 Å². The van der Waals surface area contributed by atoms with Crippen molar-refractivity contribution in [1.29, 1.82) is 0 Å². The molecular weight excluding hydrogens is 351 g/mol. The van der Waals surface area contributed by atoms with Gasteiger partial charge in [-0.3, -0.25) is 4.99 Å². The molecule has 0 amide bonds. The molecule has 114 valence electrons. The smallest absolute Gasteiger partial charge is 0.188 e. The molecular formula is C14H31IN4. The molecule has 1 unspecified atom stereocenters. The largest absolute Gasteiger partial charge is 0.370 e. The highest BCUT2D eigenvalue weighted by atomic mass is 127. The van der Waals surface area contributed by atoms with E-state index in [4.69, 9.17) is 5.73 Å². The Labute approximate surface area is 135 Å². The van der Waals surface area contributed by atoms with Gasteiger partial charge in [0.15, 0.2) is 5.96 Å². The quantitative estimate of drug-likeness (QED) is 0.421. The van der Waals surface area contributed by atoms with Crippen LogP contribution in [-0.2, 0) is 0 Å². The minimum absolute atomic E-state index is 0. The minimum Gasteiger partial charge on any atom is -0.370 e. The van der Waals surface area contributed by atoms with Crippen LogP contribution in [0, 0.1) is 11.8 Å². The molecule has 1 aliphatic rings. The van der Waals surface area contributed by atoms with Crippen molar-refractivity contribution in [2.75, 3.05) is 32.7 Å². The summed E-state index contributed by atoms with van der Waals surface area (Å²) in [6.07, 6.45) is 4.12. The van der Waals surface area contributed by atoms with Crippen molar-refractivity contribution in [3.8, 4) is 0 Å². The minimum atomic E-state index is 0. The average molecular weight is 382 g/mol. The zero-order valence-corrected chi connectivity index (χ0v) is 15.0. The molecule has 0 saturated carbocycles. The van der Waals surface area contributed by atoms with Crippen LogP contribution in [0.25, 0.3) is 0 Å². The summed E-state index contributed by atoms with van der Waals surface area (Å²) in [5.41, 5.74) is 5.83. The van der Waals surface area contributed by atoms with Crippen molar-refractivity contribution in [1.82, 2.24) is 10.2 Å². The fraction of sp³-hybridized carbons (Fsp3) is 0.929. The second-order valence-corrected chi connectivity index (χ2v) is 5.97. The maximum atomic E-state index is 5.83. The second kappa shape index (κ2) is 10.7. The lowest BCUT2D eigenvalue weighted by molar-refractivity contribution is 0.201. The summed E-state index contributed by atoms with van der Waals surface area (Å²) in [4.78, 5) is 6.88. The fourth-order valence-corrected chi connectivity index (χ4v) is 2.26. The fourth-order valence-electron chi connectivity index (χ4n) is 2.26. The third-order valence-electron chi connectivity index (χ3n) is 3.28. The van der Waals surface area contributed by atoms with Crippen LogP contribution in [-0.4, -0.2) is 43.6 Å². The van der Waals surface area contributed by atoms with Gasteiger partial charge in [-0.25, -0.2) is 0 Å². The van der Waals surface area contributed by atoms with Gasteiger partial charge in [0.1, 0.15) is 0 Å². The van der Waals surface area contributed by atoms with Gasteiger partial charge in [0, 0.05) is 19.6 Å². The van der Waals surface area contributed by atoms with Crippen LogP contribution in [0.3, 0.4) is 0 Å². The molecule has 0 aromatic carbocycles. The molecule has 4 nitrogen and oxygen atoms in total. The Bertz CT molecular complexity index is 250. The second-order valence-electron chi connectivity index (χ2n) is 5.97. The molecule has 5 heteroatoms. The predicted molar refractivity (Wildman–Crippen MR) is 94.2 cm³/mol. The molecule has 0 spiro atoms. The van der Waals surface area contributed by atoms with Gasteiger partial charge < -0.3 is 16.0 Å². The maximum absolute atomic E-state index is 5.83. The summed E-state index contributed by atoms with van der Waals surface area (Å²) in [5.74, 6) is 1.78.